The Labute approximate surface area is 142 Å². The van der Waals surface area contributed by atoms with Gasteiger partial charge in [0.2, 0.25) is 5.91 Å². The van der Waals surface area contributed by atoms with E-state index >= 15 is 0 Å². The number of aliphatic hydroxyl groups is 1. The first kappa shape index (κ1) is 17.1. The molecule has 1 saturated carbocycles. The molecule has 0 radical (unpaired) electrons. The number of likely N-dealkylation sites (tertiary alicyclic amines) is 1. The Morgan fingerprint density at radius 2 is 2.12 bits per heavy atom. The molecule has 0 unspecified atom stereocenters. The van der Waals surface area contributed by atoms with Crippen molar-refractivity contribution in [2.24, 2.45) is 11.8 Å². The molecule has 7 nitrogen and oxygen atoms in total. The summed E-state index contributed by atoms with van der Waals surface area (Å²) in [6.45, 7) is 5.46. The molecule has 1 aliphatic heterocycles. The van der Waals surface area contributed by atoms with Crippen LogP contribution in [0, 0.1) is 11.8 Å². The van der Waals surface area contributed by atoms with Crippen LogP contribution in [-0.4, -0.2) is 63.8 Å². The van der Waals surface area contributed by atoms with Crippen LogP contribution in [0.25, 0.3) is 0 Å². The molecule has 4 atom stereocenters. The van der Waals surface area contributed by atoms with Crippen LogP contribution in [-0.2, 0) is 9.53 Å². The average molecular weight is 334 g/mol. The second-order valence-corrected chi connectivity index (χ2v) is 7.06. The first-order valence-electron chi connectivity index (χ1n) is 8.63. The molecule has 1 amide bonds. The fourth-order valence-electron chi connectivity index (χ4n) is 3.68. The number of hydrogen-bond donors (Lipinski definition) is 2. The molecule has 0 spiro atoms. The van der Waals surface area contributed by atoms with Gasteiger partial charge in [-0.05, 0) is 38.5 Å². The Morgan fingerprint density at radius 3 is 2.79 bits per heavy atom. The van der Waals surface area contributed by atoms with Crippen LogP contribution in [0.4, 0.5) is 5.82 Å². The summed E-state index contributed by atoms with van der Waals surface area (Å²) >= 11 is 0. The highest BCUT2D eigenvalue weighted by Gasteiger charge is 2.43. The lowest BCUT2D eigenvalue weighted by Crippen LogP contribution is -2.43. The maximum Gasteiger partial charge on any atom is 0.248 e. The molecule has 3 rings (SSSR count). The normalized spacial score (nSPS) is 29.6. The number of hydrogen-bond acceptors (Lipinski definition) is 6. The minimum absolute atomic E-state index is 0.0472. The summed E-state index contributed by atoms with van der Waals surface area (Å²) in [7, 11) is 0. The van der Waals surface area contributed by atoms with E-state index in [2.05, 4.69) is 15.3 Å². The summed E-state index contributed by atoms with van der Waals surface area (Å²) in [4.78, 5) is 22.4. The van der Waals surface area contributed by atoms with Crippen LogP contribution in [0.5, 0.6) is 0 Å². The van der Waals surface area contributed by atoms with Crippen LogP contribution >= 0.6 is 0 Å². The van der Waals surface area contributed by atoms with Crippen molar-refractivity contribution < 1.29 is 14.6 Å². The van der Waals surface area contributed by atoms with Crippen molar-refractivity contribution in [2.45, 2.75) is 44.9 Å². The minimum atomic E-state index is -0.435. The summed E-state index contributed by atoms with van der Waals surface area (Å²) in [5.74, 6) is 1.50. The third kappa shape index (κ3) is 4.02. The van der Waals surface area contributed by atoms with E-state index in [9.17, 15) is 9.90 Å². The van der Waals surface area contributed by atoms with Gasteiger partial charge in [0.15, 0.2) is 0 Å². The molecule has 1 aliphatic carbocycles. The second-order valence-electron chi connectivity index (χ2n) is 7.06. The Kier molecular flexibility index (Phi) is 5.30. The van der Waals surface area contributed by atoms with Crippen molar-refractivity contribution in [3.63, 3.8) is 0 Å². The number of aliphatic hydroxyl groups excluding tert-OH is 1. The van der Waals surface area contributed by atoms with E-state index in [1.165, 1.54) is 0 Å². The lowest BCUT2D eigenvalue weighted by Gasteiger charge is -2.35. The number of nitrogens with one attached hydrogen (secondary N) is 1. The van der Waals surface area contributed by atoms with Gasteiger partial charge in [-0.15, -0.1) is 0 Å². The molecule has 2 aliphatic rings. The first-order chi connectivity index (χ1) is 11.5. The molecule has 7 heteroatoms. The van der Waals surface area contributed by atoms with E-state index in [0.717, 1.165) is 19.5 Å². The lowest BCUT2D eigenvalue weighted by atomic mass is 9.77. The molecule has 2 N–H and O–H groups in total. The van der Waals surface area contributed by atoms with Gasteiger partial charge in [-0.25, -0.2) is 4.98 Å². The number of amides is 1. The average Bonchev–Trinajstić information content (AvgIpc) is 2.96. The van der Waals surface area contributed by atoms with Gasteiger partial charge >= 0.3 is 0 Å². The van der Waals surface area contributed by atoms with Gasteiger partial charge in [-0.2, -0.15) is 0 Å². The molecule has 1 aromatic heterocycles. The van der Waals surface area contributed by atoms with Crippen LogP contribution in [0.15, 0.2) is 18.6 Å². The Hall–Kier alpha value is -1.73. The second kappa shape index (κ2) is 7.44. The van der Waals surface area contributed by atoms with Gasteiger partial charge in [0.1, 0.15) is 12.4 Å². The standard InChI is InChI=1S/C17H26N4O3/c1-11(2)24-10-17(23)21-8-12-5-14(15(22)6-13(12)9-21)20-16-7-18-3-4-19-16/h3-4,7,11-15,22H,5-6,8-10H2,1-2H3,(H,19,20)/t12-,13+,14-,15-/m1/s1. The number of carbonyl (C=O) groups is 1. The minimum Gasteiger partial charge on any atom is -0.391 e. The fraction of sp³-hybridized carbons (Fsp3) is 0.706. The van der Waals surface area contributed by atoms with Crippen LogP contribution in [0.2, 0.25) is 0 Å². The number of aromatic nitrogens is 2. The van der Waals surface area contributed by atoms with Crippen molar-refractivity contribution in [1.82, 2.24) is 14.9 Å². The predicted octanol–water partition coefficient (Wildman–Crippen LogP) is 0.911. The molecule has 24 heavy (non-hydrogen) atoms. The van der Waals surface area contributed by atoms with Crippen molar-refractivity contribution in [3.05, 3.63) is 18.6 Å². The number of ether oxygens (including phenoxy) is 1. The molecule has 1 aromatic rings. The third-order valence-electron chi connectivity index (χ3n) is 4.93. The molecular weight excluding hydrogens is 308 g/mol. The van der Waals surface area contributed by atoms with Crippen molar-refractivity contribution >= 4 is 11.7 Å². The summed E-state index contributed by atoms with van der Waals surface area (Å²) < 4.78 is 5.42. The Bertz CT molecular complexity index is 554. The topological polar surface area (TPSA) is 87.6 Å². The number of nitrogens with zero attached hydrogens (tertiary/aromatic N) is 3. The maximum atomic E-state index is 12.3. The quantitative estimate of drug-likeness (QED) is 0.832. The van der Waals surface area contributed by atoms with Crippen LogP contribution < -0.4 is 5.32 Å². The van der Waals surface area contributed by atoms with Gasteiger partial charge in [0, 0.05) is 25.5 Å². The molecular formula is C17H26N4O3. The fourth-order valence-corrected chi connectivity index (χ4v) is 3.68. The highest BCUT2D eigenvalue weighted by Crippen LogP contribution is 2.37. The van der Waals surface area contributed by atoms with E-state index < -0.39 is 6.10 Å². The van der Waals surface area contributed by atoms with Gasteiger partial charge in [0.25, 0.3) is 0 Å². The highest BCUT2D eigenvalue weighted by molar-refractivity contribution is 5.77. The zero-order valence-electron chi connectivity index (χ0n) is 14.3. The van der Waals surface area contributed by atoms with Gasteiger partial charge < -0.3 is 20.1 Å². The van der Waals surface area contributed by atoms with Gasteiger partial charge in [-0.3, -0.25) is 9.78 Å². The zero-order valence-corrected chi connectivity index (χ0v) is 14.3. The lowest BCUT2D eigenvalue weighted by molar-refractivity contribution is -0.136. The summed E-state index contributed by atoms with van der Waals surface area (Å²) in [6.07, 6.45) is 6.07. The number of anilines is 1. The smallest absolute Gasteiger partial charge is 0.248 e. The predicted molar refractivity (Wildman–Crippen MR) is 89.3 cm³/mol. The molecule has 2 fully saturated rings. The van der Waals surface area contributed by atoms with Gasteiger partial charge in [0.05, 0.1) is 24.4 Å². The third-order valence-corrected chi connectivity index (χ3v) is 4.93. The van der Waals surface area contributed by atoms with E-state index in [0.29, 0.717) is 24.1 Å². The zero-order chi connectivity index (χ0) is 17.1. The highest BCUT2D eigenvalue weighted by atomic mass is 16.5. The Morgan fingerprint density at radius 1 is 1.38 bits per heavy atom. The summed E-state index contributed by atoms with van der Waals surface area (Å²) in [5.41, 5.74) is 0. The first-order valence-corrected chi connectivity index (χ1v) is 8.63. The van der Waals surface area contributed by atoms with E-state index in [-0.39, 0.29) is 24.7 Å². The van der Waals surface area contributed by atoms with E-state index in [4.69, 9.17) is 4.74 Å². The summed E-state index contributed by atoms with van der Waals surface area (Å²) in [5, 5.41) is 13.7. The molecule has 0 aromatic carbocycles. The maximum absolute atomic E-state index is 12.3. The van der Waals surface area contributed by atoms with Crippen molar-refractivity contribution in [2.75, 3.05) is 25.0 Å². The molecule has 0 bridgehead atoms. The van der Waals surface area contributed by atoms with Crippen LogP contribution in [0.3, 0.4) is 0 Å². The SMILES string of the molecule is CC(C)OCC(=O)N1C[C@H]2C[C@@H](Nc3cnccn3)[C@H](O)C[C@H]2C1. The van der Waals surface area contributed by atoms with Crippen molar-refractivity contribution in [3.8, 4) is 0 Å². The van der Waals surface area contributed by atoms with Crippen molar-refractivity contribution in [1.29, 1.82) is 0 Å². The Balaban J connectivity index is 1.56. The van der Waals surface area contributed by atoms with E-state index in [1.54, 1.807) is 18.6 Å². The van der Waals surface area contributed by atoms with E-state index in [1.807, 2.05) is 18.7 Å². The summed E-state index contributed by atoms with van der Waals surface area (Å²) in [6, 6.07) is -0.0510. The number of rotatable bonds is 5. The largest absolute Gasteiger partial charge is 0.391 e. The number of fused-ring (bicyclic) bond motifs is 1. The number of carbonyl (C=O) groups excluding carboxylic acids is 1. The molecule has 2 heterocycles. The molecule has 1 saturated heterocycles. The van der Waals surface area contributed by atoms with Crippen LogP contribution in [0.1, 0.15) is 26.7 Å². The van der Waals surface area contributed by atoms with Gasteiger partial charge in [-0.1, -0.05) is 0 Å². The monoisotopic (exact) mass is 334 g/mol. The molecule has 132 valence electrons.